The lowest BCUT2D eigenvalue weighted by atomic mass is 10.6. The lowest BCUT2D eigenvalue weighted by Crippen LogP contribution is -2.07. The van der Waals surface area contributed by atoms with Gasteiger partial charge in [0.25, 0.3) is 0 Å². The summed E-state index contributed by atoms with van der Waals surface area (Å²) in [6.07, 6.45) is 4.39. The Morgan fingerprint density at radius 1 is 1.75 bits per heavy atom. The molecule has 12 heavy (non-hydrogen) atoms. The van der Waals surface area contributed by atoms with Gasteiger partial charge in [-0.15, -0.1) is 0 Å². The largest absolute Gasteiger partial charge is 0.382 e. The molecule has 0 unspecified atom stereocenters. The van der Waals surface area contributed by atoms with E-state index in [-0.39, 0.29) is 0 Å². The van der Waals surface area contributed by atoms with E-state index in [2.05, 4.69) is 17.2 Å². The average Bonchev–Trinajstić information content (AvgIpc) is 2.76. The number of nitrogens with one attached hydrogen (secondary N) is 1. The lowest BCUT2D eigenvalue weighted by molar-refractivity contribution is 0.763. The van der Waals surface area contributed by atoms with Crippen LogP contribution in [-0.2, 0) is 6.54 Å². The molecule has 4 heteroatoms. The number of nitrogens with zero attached hydrogens (tertiary/aromatic N) is 2. The van der Waals surface area contributed by atoms with Crippen molar-refractivity contribution < 1.29 is 0 Å². The minimum Gasteiger partial charge on any atom is -0.382 e. The summed E-state index contributed by atoms with van der Waals surface area (Å²) in [7, 11) is 0. The van der Waals surface area contributed by atoms with E-state index >= 15 is 0 Å². The smallest absolute Gasteiger partial charge is 0.205 e. The normalized spacial score (nSPS) is 16.4. The van der Waals surface area contributed by atoms with Crippen LogP contribution in [0.4, 0.5) is 11.8 Å². The summed E-state index contributed by atoms with van der Waals surface area (Å²) in [6, 6.07) is 0.636. The average molecular weight is 166 g/mol. The van der Waals surface area contributed by atoms with Gasteiger partial charge in [0, 0.05) is 18.8 Å². The van der Waals surface area contributed by atoms with E-state index in [0.29, 0.717) is 11.9 Å². The molecule has 0 amide bonds. The quantitative estimate of drug-likeness (QED) is 0.706. The van der Waals surface area contributed by atoms with Gasteiger partial charge in [0.15, 0.2) is 0 Å². The number of hydrogen-bond acceptors (Lipinski definition) is 3. The molecule has 0 bridgehead atoms. The number of nitrogen functional groups attached to an aromatic ring is 1. The van der Waals surface area contributed by atoms with Crippen LogP contribution in [-0.4, -0.2) is 15.6 Å². The summed E-state index contributed by atoms with van der Waals surface area (Å²) in [5.74, 6) is 1.51. The van der Waals surface area contributed by atoms with Gasteiger partial charge in [-0.1, -0.05) is 0 Å². The highest BCUT2D eigenvalue weighted by atomic mass is 15.2. The summed E-state index contributed by atoms with van der Waals surface area (Å²) in [4.78, 5) is 4.19. The van der Waals surface area contributed by atoms with Crippen LogP contribution in [0.15, 0.2) is 6.20 Å². The van der Waals surface area contributed by atoms with Crippen molar-refractivity contribution in [3.8, 4) is 0 Å². The van der Waals surface area contributed by atoms with Crippen LogP contribution in [0, 0.1) is 0 Å². The van der Waals surface area contributed by atoms with Crippen molar-refractivity contribution >= 4 is 11.8 Å². The maximum atomic E-state index is 5.58. The Hall–Kier alpha value is -1.19. The summed E-state index contributed by atoms with van der Waals surface area (Å²) in [6.45, 7) is 3.00. The summed E-state index contributed by atoms with van der Waals surface area (Å²) < 4.78 is 2.04. The Morgan fingerprint density at radius 3 is 3.08 bits per heavy atom. The van der Waals surface area contributed by atoms with E-state index in [1.165, 1.54) is 12.8 Å². The number of rotatable bonds is 3. The molecular weight excluding hydrogens is 152 g/mol. The third-order valence-corrected chi connectivity index (χ3v) is 2.05. The van der Waals surface area contributed by atoms with Crippen molar-refractivity contribution in [2.45, 2.75) is 32.4 Å². The summed E-state index contributed by atoms with van der Waals surface area (Å²) in [5.41, 5.74) is 5.58. The fourth-order valence-electron chi connectivity index (χ4n) is 1.20. The predicted octanol–water partition coefficient (Wildman–Crippen LogP) is 1.06. The van der Waals surface area contributed by atoms with Crippen LogP contribution in [0.5, 0.6) is 0 Å². The molecule has 1 saturated carbocycles. The molecule has 3 N–H and O–H groups in total. The van der Waals surface area contributed by atoms with E-state index in [0.717, 1.165) is 12.5 Å². The van der Waals surface area contributed by atoms with E-state index in [1.54, 1.807) is 0 Å². The zero-order valence-corrected chi connectivity index (χ0v) is 7.25. The van der Waals surface area contributed by atoms with Gasteiger partial charge in [0.1, 0.15) is 5.82 Å². The molecule has 1 fully saturated rings. The highest BCUT2D eigenvalue weighted by Gasteiger charge is 2.22. The van der Waals surface area contributed by atoms with Crippen molar-refractivity contribution in [1.82, 2.24) is 9.55 Å². The van der Waals surface area contributed by atoms with Crippen LogP contribution in [0.1, 0.15) is 19.8 Å². The molecule has 1 aliphatic rings. The van der Waals surface area contributed by atoms with Gasteiger partial charge in [0.2, 0.25) is 5.95 Å². The topological polar surface area (TPSA) is 55.9 Å². The number of aromatic nitrogens is 2. The molecule has 1 heterocycles. The Bertz CT molecular complexity index is 275. The highest BCUT2D eigenvalue weighted by Crippen LogP contribution is 2.24. The molecular formula is C8H14N4. The third kappa shape index (κ3) is 1.37. The first-order valence-corrected chi connectivity index (χ1v) is 4.38. The fourth-order valence-corrected chi connectivity index (χ4v) is 1.20. The number of anilines is 2. The molecule has 0 atom stereocenters. The second kappa shape index (κ2) is 2.69. The van der Waals surface area contributed by atoms with Gasteiger partial charge >= 0.3 is 0 Å². The number of nitrogens with two attached hydrogens (primary N) is 1. The first-order chi connectivity index (χ1) is 5.79. The zero-order valence-electron chi connectivity index (χ0n) is 7.25. The first kappa shape index (κ1) is 7.46. The Balaban J connectivity index is 2.15. The van der Waals surface area contributed by atoms with E-state index in [9.17, 15) is 0 Å². The fraction of sp³-hybridized carbons (Fsp3) is 0.625. The molecule has 0 aromatic carbocycles. The third-order valence-electron chi connectivity index (χ3n) is 2.05. The van der Waals surface area contributed by atoms with Crippen LogP contribution >= 0.6 is 0 Å². The van der Waals surface area contributed by atoms with Gasteiger partial charge in [-0.3, -0.25) is 0 Å². The monoisotopic (exact) mass is 166 g/mol. The molecule has 4 nitrogen and oxygen atoms in total. The molecule has 1 aromatic rings. The van der Waals surface area contributed by atoms with Crippen molar-refractivity contribution in [2.75, 3.05) is 11.1 Å². The van der Waals surface area contributed by atoms with Gasteiger partial charge in [0.05, 0.1) is 0 Å². The summed E-state index contributed by atoms with van der Waals surface area (Å²) >= 11 is 0. The number of aryl methyl sites for hydroxylation is 1. The Labute approximate surface area is 71.8 Å². The van der Waals surface area contributed by atoms with E-state index < -0.39 is 0 Å². The second-order valence-corrected chi connectivity index (χ2v) is 3.19. The molecule has 1 aliphatic carbocycles. The molecule has 2 rings (SSSR count). The SMILES string of the molecule is CCn1cc(N)nc1NC1CC1. The van der Waals surface area contributed by atoms with Crippen molar-refractivity contribution in [3.63, 3.8) is 0 Å². The maximum Gasteiger partial charge on any atom is 0.205 e. The van der Waals surface area contributed by atoms with Crippen LogP contribution < -0.4 is 11.1 Å². The molecule has 0 aliphatic heterocycles. The molecule has 0 saturated heterocycles. The Kier molecular flexibility index (Phi) is 1.67. The molecule has 0 spiro atoms. The molecule has 1 aromatic heterocycles. The second-order valence-electron chi connectivity index (χ2n) is 3.19. The maximum absolute atomic E-state index is 5.58. The van der Waals surface area contributed by atoms with E-state index in [4.69, 9.17) is 5.73 Å². The van der Waals surface area contributed by atoms with Crippen molar-refractivity contribution in [1.29, 1.82) is 0 Å². The van der Waals surface area contributed by atoms with Gasteiger partial charge in [-0.25, -0.2) is 0 Å². The van der Waals surface area contributed by atoms with Gasteiger partial charge in [-0.2, -0.15) is 4.98 Å². The van der Waals surface area contributed by atoms with Gasteiger partial charge in [-0.05, 0) is 19.8 Å². The van der Waals surface area contributed by atoms with Crippen molar-refractivity contribution in [2.24, 2.45) is 0 Å². The van der Waals surface area contributed by atoms with Gasteiger partial charge < -0.3 is 15.6 Å². The van der Waals surface area contributed by atoms with Crippen LogP contribution in [0.2, 0.25) is 0 Å². The van der Waals surface area contributed by atoms with Crippen LogP contribution in [0.25, 0.3) is 0 Å². The Morgan fingerprint density at radius 2 is 2.50 bits per heavy atom. The molecule has 0 radical (unpaired) electrons. The lowest BCUT2D eigenvalue weighted by Gasteiger charge is -2.04. The minimum atomic E-state index is 0.597. The standard InChI is InChI=1S/C8H14N4/c1-2-12-5-7(9)11-8(12)10-6-3-4-6/h5-6H,2-4,9H2,1H3,(H,10,11). The van der Waals surface area contributed by atoms with Crippen molar-refractivity contribution in [3.05, 3.63) is 6.20 Å². The molecule has 66 valence electrons. The number of hydrogen-bond donors (Lipinski definition) is 2. The first-order valence-electron chi connectivity index (χ1n) is 4.38. The number of imidazole rings is 1. The minimum absolute atomic E-state index is 0.597. The highest BCUT2D eigenvalue weighted by molar-refractivity contribution is 5.40. The summed E-state index contributed by atoms with van der Waals surface area (Å²) in [5, 5.41) is 3.33. The van der Waals surface area contributed by atoms with Crippen LogP contribution in [0.3, 0.4) is 0 Å². The predicted molar refractivity (Wildman–Crippen MR) is 49.0 cm³/mol. The van der Waals surface area contributed by atoms with E-state index in [1.807, 2.05) is 10.8 Å². The zero-order chi connectivity index (χ0) is 8.55.